The van der Waals surface area contributed by atoms with Crippen LogP contribution in [0.25, 0.3) is 0 Å². The maximum Gasteiger partial charge on any atom is 0.329 e. The van der Waals surface area contributed by atoms with Gasteiger partial charge in [-0.25, -0.2) is 10.2 Å². The van der Waals surface area contributed by atoms with E-state index >= 15 is 0 Å². The fourth-order valence-corrected chi connectivity index (χ4v) is 5.39. The van der Waals surface area contributed by atoms with Crippen molar-refractivity contribution in [3.63, 3.8) is 0 Å². The molecule has 0 saturated heterocycles. The molecule has 3 N–H and O–H groups in total. The summed E-state index contributed by atoms with van der Waals surface area (Å²) in [5.74, 6) is -0.0874. The average Bonchev–Trinajstić information content (AvgIpc) is 2.94. The Labute approximate surface area is 245 Å². The summed E-state index contributed by atoms with van der Waals surface area (Å²) in [5, 5.41) is 0. The molecule has 0 rings (SSSR count). The first-order valence-corrected chi connectivity index (χ1v) is 17.7. The summed E-state index contributed by atoms with van der Waals surface area (Å²) in [4.78, 5) is 18.2. The predicted octanol–water partition coefficient (Wildman–Crippen LogP) is 10.6. The van der Waals surface area contributed by atoms with E-state index in [1.165, 1.54) is 148 Å². The highest BCUT2D eigenvalue weighted by molar-refractivity contribution is 5.72. The molecule has 0 aromatic heterocycles. The van der Waals surface area contributed by atoms with Crippen molar-refractivity contribution in [2.75, 3.05) is 6.54 Å². The van der Waals surface area contributed by atoms with Crippen molar-refractivity contribution in [3.8, 4) is 0 Å². The van der Waals surface area contributed by atoms with E-state index < -0.39 is 0 Å². The maximum absolute atomic E-state index is 12.8. The number of hydrogen-bond acceptors (Lipinski definition) is 5. The zero-order valence-corrected chi connectivity index (χ0v) is 26.9. The van der Waals surface area contributed by atoms with Gasteiger partial charge in [-0.3, -0.25) is 0 Å². The topological polar surface area (TPSA) is 62.4 Å². The molecule has 0 aliphatic carbocycles. The number of hydrogen-bond donors (Lipinski definition) is 3. The molecule has 0 aliphatic heterocycles. The number of nitrogens with one attached hydrogen (secondary N) is 3. The van der Waals surface area contributed by atoms with E-state index in [2.05, 4.69) is 37.3 Å². The fraction of sp³-hybridized carbons (Fsp3) is 0.971. The van der Waals surface area contributed by atoms with E-state index in [4.69, 9.17) is 4.84 Å². The minimum atomic E-state index is -0.103. The van der Waals surface area contributed by atoms with Crippen LogP contribution in [0.15, 0.2) is 0 Å². The second kappa shape index (κ2) is 33.6. The van der Waals surface area contributed by atoms with Gasteiger partial charge in [0.15, 0.2) is 0 Å². The summed E-state index contributed by atoms with van der Waals surface area (Å²) in [6.07, 6.45) is 36.1. The highest BCUT2D eigenvalue weighted by Gasteiger charge is 2.19. The molecule has 0 fully saturated rings. The Hall–Kier alpha value is -0.650. The minimum absolute atomic E-state index is 0.0152. The van der Waals surface area contributed by atoms with Crippen LogP contribution in [-0.2, 0) is 9.63 Å². The Kier molecular flexibility index (Phi) is 33.0. The summed E-state index contributed by atoms with van der Waals surface area (Å²) in [6.45, 7) is 7.69. The number of unbranched alkanes of at least 4 members (excludes halogenated alkanes) is 23. The molecule has 234 valence electrons. The first kappa shape index (κ1) is 38.4. The summed E-state index contributed by atoms with van der Waals surface area (Å²) >= 11 is 0. The van der Waals surface area contributed by atoms with Crippen molar-refractivity contribution in [2.45, 2.75) is 201 Å². The molecular weight excluding hydrogens is 482 g/mol. The zero-order valence-electron chi connectivity index (χ0n) is 26.9. The van der Waals surface area contributed by atoms with Crippen LogP contribution < -0.4 is 16.5 Å². The van der Waals surface area contributed by atoms with Gasteiger partial charge in [0.2, 0.25) is 0 Å². The maximum atomic E-state index is 12.8. The molecule has 5 heteroatoms. The lowest BCUT2D eigenvalue weighted by molar-refractivity contribution is -0.160. The lowest BCUT2D eigenvalue weighted by atomic mass is 9.94. The standard InChI is InChI=1S/C34H71N3O2/c1-4-7-10-13-16-19-20-23-26-29-32-35-36-37-39-34(38)33(30-27-24-21-17-14-11-8-5-2)31-28-25-22-18-15-12-9-6-3/h33,35-37H,4-32H2,1-3H3. The third-order valence-electron chi connectivity index (χ3n) is 8.09. The van der Waals surface area contributed by atoms with Crippen LogP contribution >= 0.6 is 0 Å². The first-order chi connectivity index (χ1) is 19.3. The lowest BCUT2D eigenvalue weighted by Gasteiger charge is -2.16. The summed E-state index contributed by atoms with van der Waals surface area (Å²) in [5.41, 5.74) is 8.64. The molecule has 0 atom stereocenters. The molecule has 0 bridgehead atoms. The smallest absolute Gasteiger partial charge is 0.329 e. The predicted molar refractivity (Wildman–Crippen MR) is 170 cm³/mol. The molecule has 0 aromatic rings. The normalized spacial score (nSPS) is 11.5. The Morgan fingerprint density at radius 1 is 0.487 bits per heavy atom. The second-order valence-corrected chi connectivity index (χ2v) is 12.0. The molecule has 0 saturated carbocycles. The molecule has 0 radical (unpaired) electrons. The van der Waals surface area contributed by atoms with Gasteiger partial charge in [0.25, 0.3) is 0 Å². The van der Waals surface area contributed by atoms with E-state index in [0.717, 1.165) is 38.6 Å². The van der Waals surface area contributed by atoms with Crippen molar-refractivity contribution in [1.82, 2.24) is 16.5 Å². The molecule has 0 aliphatic rings. The van der Waals surface area contributed by atoms with E-state index in [0.29, 0.717) is 0 Å². The van der Waals surface area contributed by atoms with Crippen molar-refractivity contribution >= 4 is 5.97 Å². The van der Waals surface area contributed by atoms with Crippen LogP contribution in [0.1, 0.15) is 201 Å². The van der Waals surface area contributed by atoms with Crippen LogP contribution in [0.4, 0.5) is 0 Å². The molecule has 0 aromatic carbocycles. The molecule has 0 unspecified atom stereocenters. The first-order valence-electron chi connectivity index (χ1n) is 17.7. The van der Waals surface area contributed by atoms with Crippen LogP contribution in [0.5, 0.6) is 0 Å². The number of carbonyl (C=O) groups is 1. The summed E-state index contributed by atoms with van der Waals surface area (Å²) in [7, 11) is 0. The highest BCUT2D eigenvalue weighted by Crippen LogP contribution is 2.21. The van der Waals surface area contributed by atoms with Crippen LogP contribution in [0.3, 0.4) is 0 Å². The van der Waals surface area contributed by atoms with Gasteiger partial charge in [0.1, 0.15) is 0 Å². The Bertz CT molecular complexity index is 455. The van der Waals surface area contributed by atoms with Crippen LogP contribution in [0.2, 0.25) is 0 Å². The van der Waals surface area contributed by atoms with Crippen molar-refractivity contribution in [1.29, 1.82) is 0 Å². The van der Waals surface area contributed by atoms with Gasteiger partial charge in [0.05, 0.1) is 5.92 Å². The quantitative estimate of drug-likeness (QED) is 0.0557. The molecule has 5 nitrogen and oxygen atoms in total. The minimum Gasteiger partial charge on any atom is -0.354 e. The van der Waals surface area contributed by atoms with E-state index in [1.54, 1.807) is 0 Å². The van der Waals surface area contributed by atoms with Gasteiger partial charge in [-0.05, 0) is 19.3 Å². The number of hydrazine groups is 2. The fourth-order valence-electron chi connectivity index (χ4n) is 5.39. The van der Waals surface area contributed by atoms with Crippen LogP contribution in [0, 0.1) is 5.92 Å². The third-order valence-corrected chi connectivity index (χ3v) is 8.09. The SMILES string of the molecule is CCCCCCCCCCCCNNNOC(=O)C(CCCCCCCCCC)CCCCCCCCCC. The number of carbonyl (C=O) groups excluding carboxylic acids is 1. The van der Waals surface area contributed by atoms with Gasteiger partial charge in [0, 0.05) is 6.54 Å². The highest BCUT2D eigenvalue weighted by atomic mass is 16.7. The monoisotopic (exact) mass is 554 g/mol. The van der Waals surface area contributed by atoms with E-state index in [9.17, 15) is 4.79 Å². The average molecular weight is 554 g/mol. The van der Waals surface area contributed by atoms with Gasteiger partial charge in [-0.2, -0.15) is 5.53 Å². The van der Waals surface area contributed by atoms with Gasteiger partial charge < -0.3 is 4.84 Å². The lowest BCUT2D eigenvalue weighted by Crippen LogP contribution is -2.45. The second-order valence-electron chi connectivity index (χ2n) is 12.0. The summed E-state index contributed by atoms with van der Waals surface area (Å²) < 4.78 is 0. The van der Waals surface area contributed by atoms with E-state index in [-0.39, 0.29) is 11.9 Å². The largest absolute Gasteiger partial charge is 0.354 e. The molecule has 0 heterocycles. The summed E-state index contributed by atoms with van der Waals surface area (Å²) in [6, 6.07) is 0. The molecular formula is C34H71N3O2. The Morgan fingerprint density at radius 3 is 1.21 bits per heavy atom. The van der Waals surface area contributed by atoms with Gasteiger partial charge >= 0.3 is 5.97 Å². The number of rotatable bonds is 33. The molecule has 39 heavy (non-hydrogen) atoms. The van der Waals surface area contributed by atoms with Gasteiger partial charge in [-0.1, -0.05) is 187 Å². The van der Waals surface area contributed by atoms with Crippen molar-refractivity contribution in [3.05, 3.63) is 0 Å². The third kappa shape index (κ3) is 30.1. The van der Waals surface area contributed by atoms with Gasteiger partial charge in [-0.15, -0.1) is 0 Å². The van der Waals surface area contributed by atoms with Crippen molar-refractivity contribution in [2.24, 2.45) is 5.92 Å². The molecule has 0 amide bonds. The van der Waals surface area contributed by atoms with Crippen LogP contribution in [-0.4, -0.2) is 12.5 Å². The van der Waals surface area contributed by atoms with Crippen molar-refractivity contribution < 1.29 is 9.63 Å². The van der Waals surface area contributed by atoms with E-state index in [1.807, 2.05) is 0 Å². The zero-order chi connectivity index (χ0) is 28.5. The molecule has 0 spiro atoms. The Balaban J connectivity index is 3.94. The Morgan fingerprint density at radius 2 is 0.821 bits per heavy atom.